The number of carbonyl (C=O) groups is 2. The summed E-state index contributed by atoms with van der Waals surface area (Å²) in [6.45, 7) is 2.92. The van der Waals surface area contributed by atoms with Gasteiger partial charge in [-0.25, -0.2) is 0 Å². The highest BCUT2D eigenvalue weighted by molar-refractivity contribution is 5.83. The van der Waals surface area contributed by atoms with E-state index in [4.69, 9.17) is 9.47 Å². The predicted octanol–water partition coefficient (Wildman–Crippen LogP) is 1.98. The lowest BCUT2D eigenvalue weighted by atomic mass is 9.96. The minimum atomic E-state index is -0.0944. The predicted molar refractivity (Wildman–Crippen MR) is 97.7 cm³/mol. The zero-order valence-corrected chi connectivity index (χ0v) is 15.4. The summed E-state index contributed by atoms with van der Waals surface area (Å²) in [6, 6.07) is 7.69. The van der Waals surface area contributed by atoms with Crippen LogP contribution in [0.25, 0.3) is 0 Å². The highest BCUT2D eigenvalue weighted by atomic mass is 16.5. The van der Waals surface area contributed by atoms with Gasteiger partial charge in [-0.3, -0.25) is 9.59 Å². The minimum absolute atomic E-state index is 0.0405. The molecule has 0 aromatic heterocycles. The number of piperidine rings is 1. The maximum absolute atomic E-state index is 12.5. The Hall–Kier alpha value is -2.08. The first-order valence-corrected chi connectivity index (χ1v) is 9.44. The molecular formula is C20H28N2O4. The molecule has 0 spiro atoms. The molecule has 1 saturated carbocycles. The molecular weight excluding hydrogens is 332 g/mol. The topological polar surface area (TPSA) is 67.9 Å². The van der Waals surface area contributed by atoms with Gasteiger partial charge in [-0.1, -0.05) is 12.1 Å². The molecule has 6 heteroatoms. The molecule has 1 saturated heterocycles. The Labute approximate surface area is 154 Å². The van der Waals surface area contributed by atoms with Gasteiger partial charge in [-0.15, -0.1) is 0 Å². The van der Waals surface area contributed by atoms with Crippen LogP contribution in [-0.4, -0.2) is 50.1 Å². The van der Waals surface area contributed by atoms with Gasteiger partial charge in [0.15, 0.2) is 0 Å². The lowest BCUT2D eigenvalue weighted by Gasteiger charge is -2.32. The normalized spacial score (nSPS) is 19.9. The summed E-state index contributed by atoms with van der Waals surface area (Å²) in [5, 5.41) is 3.01. The summed E-state index contributed by atoms with van der Waals surface area (Å²) in [5.74, 6) is 1.20. The van der Waals surface area contributed by atoms with Crippen molar-refractivity contribution < 1.29 is 19.1 Å². The van der Waals surface area contributed by atoms with Crippen molar-refractivity contribution in [2.75, 3.05) is 33.4 Å². The van der Waals surface area contributed by atoms with E-state index in [0.717, 1.165) is 43.5 Å². The molecule has 0 bridgehead atoms. The molecule has 6 nitrogen and oxygen atoms in total. The summed E-state index contributed by atoms with van der Waals surface area (Å²) in [6.07, 6.45) is 3.78. The van der Waals surface area contributed by atoms with E-state index in [0.29, 0.717) is 26.3 Å². The Kier molecular flexibility index (Phi) is 6.50. The highest BCUT2D eigenvalue weighted by Gasteiger charge is 2.36. The number of methoxy groups -OCH3 is 1. The average molecular weight is 360 g/mol. The second-order valence-electron chi connectivity index (χ2n) is 7.10. The number of hydrogen-bond donors (Lipinski definition) is 1. The van der Waals surface area contributed by atoms with Gasteiger partial charge in [0.2, 0.25) is 11.8 Å². The van der Waals surface area contributed by atoms with E-state index in [1.54, 1.807) is 7.11 Å². The largest absolute Gasteiger partial charge is 0.491 e. The lowest BCUT2D eigenvalue weighted by molar-refractivity contribution is -0.136. The summed E-state index contributed by atoms with van der Waals surface area (Å²) in [5.41, 5.74) is 1.03. The number of likely N-dealkylation sites (tertiary alicyclic amines) is 1. The summed E-state index contributed by atoms with van der Waals surface area (Å²) in [7, 11) is 1.64. The fourth-order valence-electron chi connectivity index (χ4n) is 3.26. The third-order valence-electron chi connectivity index (χ3n) is 4.98. The Morgan fingerprint density at radius 3 is 2.58 bits per heavy atom. The molecule has 2 aliphatic rings. The van der Waals surface area contributed by atoms with Gasteiger partial charge in [0.25, 0.3) is 0 Å². The smallest absolute Gasteiger partial charge is 0.225 e. The van der Waals surface area contributed by atoms with Crippen molar-refractivity contribution in [2.45, 2.75) is 32.2 Å². The van der Waals surface area contributed by atoms with E-state index in [2.05, 4.69) is 5.32 Å². The van der Waals surface area contributed by atoms with Crippen molar-refractivity contribution in [3.05, 3.63) is 29.8 Å². The van der Waals surface area contributed by atoms with E-state index >= 15 is 0 Å². The number of benzene rings is 1. The molecule has 1 N–H and O–H groups in total. The third-order valence-corrected chi connectivity index (χ3v) is 4.98. The van der Waals surface area contributed by atoms with Gasteiger partial charge in [0, 0.05) is 32.7 Å². The molecule has 1 aliphatic carbocycles. The monoisotopic (exact) mass is 360 g/mol. The molecule has 1 heterocycles. The molecule has 0 radical (unpaired) electrons. The van der Waals surface area contributed by atoms with Crippen LogP contribution in [0.4, 0.5) is 0 Å². The van der Waals surface area contributed by atoms with Crippen molar-refractivity contribution in [1.82, 2.24) is 10.2 Å². The van der Waals surface area contributed by atoms with Crippen LogP contribution in [0, 0.1) is 11.8 Å². The van der Waals surface area contributed by atoms with Gasteiger partial charge in [-0.05, 0) is 43.4 Å². The molecule has 0 unspecified atom stereocenters. The van der Waals surface area contributed by atoms with Crippen LogP contribution < -0.4 is 10.1 Å². The van der Waals surface area contributed by atoms with Gasteiger partial charge < -0.3 is 19.7 Å². The summed E-state index contributed by atoms with van der Waals surface area (Å²) >= 11 is 0. The molecule has 1 aromatic rings. The number of nitrogens with one attached hydrogen (secondary N) is 1. The zero-order valence-electron chi connectivity index (χ0n) is 15.4. The quantitative estimate of drug-likeness (QED) is 0.720. The SMILES string of the molecule is COCCOc1ccc(CNC(=O)[C@H]2CCCN(C(=O)C3CC3)C2)cc1. The molecule has 1 aliphatic heterocycles. The first-order valence-electron chi connectivity index (χ1n) is 9.44. The second kappa shape index (κ2) is 9.03. The van der Waals surface area contributed by atoms with Crippen molar-refractivity contribution >= 4 is 11.8 Å². The van der Waals surface area contributed by atoms with Crippen molar-refractivity contribution in [3.63, 3.8) is 0 Å². The molecule has 1 atom stereocenters. The molecule has 1 aromatic carbocycles. The third kappa shape index (κ3) is 5.21. The van der Waals surface area contributed by atoms with Crippen LogP contribution in [0.2, 0.25) is 0 Å². The Bertz CT molecular complexity index is 613. The van der Waals surface area contributed by atoms with E-state index < -0.39 is 0 Å². The minimum Gasteiger partial charge on any atom is -0.491 e. The maximum Gasteiger partial charge on any atom is 0.225 e. The van der Waals surface area contributed by atoms with E-state index in [-0.39, 0.29) is 23.7 Å². The first kappa shape index (κ1) is 18.7. The van der Waals surface area contributed by atoms with Crippen LogP contribution in [0.15, 0.2) is 24.3 Å². The number of ether oxygens (including phenoxy) is 2. The fourth-order valence-corrected chi connectivity index (χ4v) is 3.26. The van der Waals surface area contributed by atoms with Crippen molar-refractivity contribution in [2.24, 2.45) is 11.8 Å². The molecule has 3 rings (SSSR count). The standard InChI is InChI=1S/C20H28N2O4/c1-25-11-12-26-18-8-4-15(5-9-18)13-21-19(23)17-3-2-10-22(14-17)20(24)16-6-7-16/h4-5,8-9,16-17H,2-3,6-7,10-14H2,1H3,(H,21,23)/t17-/m0/s1. The van der Waals surface area contributed by atoms with Gasteiger partial charge >= 0.3 is 0 Å². The van der Waals surface area contributed by atoms with Crippen LogP contribution in [0.1, 0.15) is 31.2 Å². The van der Waals surface area contributed by atoms with E-state index in [9.17, 15) is 9.59 Å². The second-order valence-corrected chi connectivity index (χ2v) is 7.10. The number of carbonyl (C=O) groups excluding carboxylic acids is 2. The van der Waals surface area contributed by atoms with Crippen LogP contribution in [0.5, 0.6) is 5.75 Å². The molecule has 2 fully saturated rings. The number of nitrogens with zero attached hydrogens (tertiary/aromatic N) is 1. The van der Waals surface area contributed by atoms with E-state index in [1.807, 2.05) is 29.2 Å². The average Bonchev–Trinajstić information content (AvgIpc) is 3.52. The number of hydrogen-bond acceptors (Lipinski definition) is 4. The molecule has 2 amide bonds. The molecule has 26 heavy (non-hydrogen) atoms. The van der Waals surface area contributed by atoms with Crippen LogP contribution in [0.3, 0.4) is 0 Å². The van der Waals surface area contributed by atoms with Crippen molar-refractivity contribution in [1.29, 1.82) is 0 Å². The lowest BCUT2D eigenvalue weighted by Crippen LogP contribution is -2.45. The maximum atomic E-state index is 12.5. The zero-order chi connectivity index (χ0) is 18.4. The Morgan fingerprint density at radius 2 is 1.88 bits per heavy atom. The first-order chi connectivity index (χ1) is 12.7. The Morgan fingerprint density at radius 1 is 1.12 bits per heavy atom. The van der Waals surface area contributed by atoms with E-state index in [1.165, 1.54) is 0 Å². The number of amides is 2. The highest BCUT2D eigenvalue weighted by Crippen LogP contribution is 2.32. The molecule has 142 valence electrons. The summed E-state index contributed by atoms with van der Waals surface area (Å²) < 4.78 is 10.5. The van der Waals surface area contributed by atoms with Crippen molar-refractivity contribution in [3.8, 4) is 5.75 Å². The van der Waals surface area contributed by atoms with Crippen LogP contribution in [-0.2, 0) is 20.9 Å². The fraction of sp³-hybridized carbons (Fsp3) is 0.600. The van der Waals surface area contributed by atoms with Crippen LogP contribution >= 0.6 is 0 Å². The number of rotatable bonds is 8. The van der Waals surface area contributed by atoms with Gasteiger partial charge in [0.1, 0.15) is 12.4 Å². The van der Waals surface area contributed by atoms with Gasteiger partial charge in [-0.2, -0.15) is 0 Å². The Balaban J connectivity index is 1.43. The summed E-state index contributed by atoms with van der Waals surface area (Å²) in [4.78, 5) is 26.6. The van der Waals surface area contributed by atoms with Gasteiger partial charge in [0.05, 0.1) is 12.5 Å².